The lowest BCUT2D eigenvalue weighted by Gasteiger charge is -2.10. The molecule has 0 radical (unpaired) electrons. The Kier molecular flexibility index (Phi) is 4.64. The van der Waals surface area contributed by atoms with Crippen molar-refractivity contribution >= 4 is 27.3 Å². The van der Waals surface area contributed by atoms with Gasteiger partial charge in [-0.2, -0.15) is 0 Å². The van der Waals surface area contributed by atoms with Crippen molar-refractivity contribution in [1.29, 1.82) is 0 Å². The molecule has 0 atom stereocenters. The molecule has 1 heterocycles. The van der Waals surface area contributed by atoms with Crippen LogP contribution in [0.15, 0.2) is 36.5 Å². The summed E-state index contributed by atoms with van der Waals surface area (Å²) in [5.74, 6) is -1.52. The number of benzene rings is 1. The van der Waals surface area contributed by atoms with Crippen molar-refractivity contribution in [2.24, 2.45) is 0 Å². The van der Waals surface area contributed by atoms with E-state index in [1.54, 1.807) is 24.4 Å². The number of anilines is 1. The second-order valence-electron chi connectivity index (χ2n) is 4.28. The van der Waals surface area contributed by atoms with Crippen molar-refractivity contribution in [2.75, 3.05) is 10.5 Å². The molecule has 0 bridgehead atoms. The fourth-order valence-electron chi connectivity index (χ4n) is 1.65. The van der Waals surface area contributed by atoms with Gasteiger partial charge in [-0.25, -0.2) is 12.8 Å². The first-order valence-corrected chi connectivity index (χ1v) is 7.99. The Hall–Kier alpha value is -1.86. The molecule has 5 nitrogen and oxygen atoms in total. The van der Waals surface area contributed by atoms with Gasteiger partial charge in [-0.15, -0.1) is 0 Å². The van der Waals surface area contributed by atoms with Crippen LogP contribution in [0.1, 0.15) is 5.69 Å². The Morgan fingerprint density at radius 1 is 1.33 bits per heavy atom. The van der Waals surface area contributed by atoms with Gasteiger partial charge >= 0.3 is 0 Å². The van der Waals surface area contributed by atoms with Crippen molar-refractivity contribution in [2.45, 2.75) is 6.42 Å². The SMILES string of the molecule is O=S(=O)(CCc1ccccn1)Nc1cc(F)cc(Cl)c1O. The fourth-order valence-corrected chi connectivity index (χ4v) is 2.92. The maximum absolute atomic E-state index is 13.2. The summed E-state index contributed by atoms with van der Waals surface area (Å²) in [6, 6.07) is 6.93. The topological polar surface area (TPSA) is 79.3 Å². The molecule has 2 rings (SSSR count). The van der Waals surface area contributed by atoms with Crippen LogP contribution >= 0.6 is 11.6 Å². The third kappa shape index (κ3) is 4.30. The summed E-state index contributed by atoms with van der Waals surface area (Å²) in [6.45, 7) is 0. The van der Waals surface area contributed by atoms with E-state index < -0.39 is 21.6 Å². The van der Waals surface area contributed by atoms with Gasteiger partial charge in [0, 0.05) is 24.4 Å². The summed E-state index contributed by atoms with van der Waals surface area (Å²) in [4.78, 5) is 4.01. The van der Waals surface area contributed by atoms with Gasteiger partial charge in [-0.1, -0.05) is 17.7 Å². The zero-order valence-corrected chi connectivity index (χ0v) is 12.3. The van der Waals surface area contributed by atoms with Gasteiger partial charge < -0.3 is 5.11 Å². The average molecular weight is 331 g/mol. The van der Waals surface area contributed by atoms with Crippen LogP contribution in [0.2, 0.25) is 5.02 Å². The lowest BCUT2D eigenvalue weighted by atomic mass is 10.3. The van der Waals surface area contributed by atoms with Gasteiger partial charge in [0.15, 0.2) is 5.75 Å². The zero-order chi connectivity index (χ0) is 15.5. The zero-order valence-electron chi connectivity index (χ0n) is 10.8. The second kappa shape index (κ2) is 6.28. The second-order valence-corrected chi connectivity index (χ2v) is 6.52. The monoisotopic (exact) mass is 330 g/mol. The van der Waals surface area contributed by atoms with Crippen LogP contribution in [0.4, 0.5) is 10.1 Å². The number of hydrogen-bond acceptors (Lipinski definition) is 4. The highest BCUT2D eigenvalue weighted by Crippen LogP contribution is 2.33. The highest BCUT2D eigenvalue weighted by molar-refractivity contribution is 7.92. The van der Waals surface area contributed by atoms with E-state index in [0.29, 0.717) is 5.69 Å². The molecule has 0 spiro atoms. The molecule has 0 aliphatic carbocycles. The van der Waals surface area contributed by atoms with Crippen LogP contribution in [0.25, 0.3) is 0 Å². The number of rotatable bonds is 5. The molecule has 0 saturated heterocycles. The van der Waals surface area contributed by atoms with Crippen LogP contribution < -0.4 is 4.72 Å². The van der Waals surface area contributed by atoms with E-state index in [9.17, 15) is 17.9 Å². The van der Waals surface area contributed by atoms with Gasteiger partial charge in [-0.3, -0.25) is 9.71 Å². The molecule has 0 unspecified atom stereocenters. The van der Waals surface area contributed by atoms with Crippen molar-refractivity contribution in [3.63, 3.8) is 0 Å². The van der Waals surface area contributed by atoms with E-state index in [4.69, 9.17) is 11.6 Å². The first kappa shape index (κ1) is 15.5. The number of phenols is 1. The average Bonchev–Trinajstić information content (AvgIpc) is 2.43. The Morgan fingerprint density at radius 2 is 2.10 bits per heavy atom. The van der Waals surface area contributed by atoms with Crippen LogP contribution in [-0.4, -0.2) is 24.3 Å². The molecule has 21 heavy (non-hydrogen) atoms. The smallest absolute Gasteiger partial charge is 0.233 e. The maximum Gasteiger partial charge on any atom is 0.233 e. The number of sulfonamides is 1. The van der Waals surface area contributed by atoms with E-state index in [1.165, 1.54) is 0 Å². The summed E-state index contributed by atoms with van der Waals surface area (Å²) in [6.07, 6.45) is 1.76. The molecule has 2 N–H and O–H groups in total. The minimum atomic E-state index is -3.76. The normalized spacial score (nSPS) is 11.3. The molecule has 112 valence electrons. The van der Waals surface area contributed by atoms with Crippen molar-refractivity contribution in [3.05, 3.63) is 53.1 Å². The number of nitrogens with one attached hydrogen (secondary N) is 1. The van der Waals surface area contributed by atoms with Gasteiger partial charge in [0.1, 0.15) is 5.82 Å². The molecule has 1 aromatic carbocycles. The minimum absolute atomic E-state index is 0.194. The first-order chi connectivity index (χ1) is 9.87. The molecule has 0 aliphatic rings. The molecule has 1 aromatic heterocycles. The summed E-state index contributed by atoms with van der Waals surface area (Å²) < 4.78 is 39.2. The summed E-state index contributed by atoms with van der Waals surface area (Å²) in [5.41, 5.74) is 0.324. The Labute approximate surface area is 126 Å². The third-order valence-corrected chi connectivity index (χ3v) is 4.21. The number of aryl methyl sites for hydroxylation is 1. The first-order valence-electron chi connectivity index (χ1n) is 5.96. The van der Waals surface area contributed by atoms with E-state index in [-0.39, 0.29) is 22.9 Å². The van der Waals surface area contributed by atoms with Gasteiger partial charge in [0.05, 0.1) is 16.5 Å². The summed E-state index contributed by atoms with van der Waals surface area (Å²) >= 11 is 5.59. The van der Waals surface area contributed by atoms with Crippen LogP contribution in [0.3, 0.4) is 0 Å². The van der Waals surface area contributed by atoms with Gasteiger partial charge in [0.25, 0.3) is 0 Å². The number of aromatic hydroxyl groups is 1. The quantitative estimate of drug-likeness (QED) is 0.826. The highest BCUT2D eigenvalue weighted by atomic mass is 35.5. The number of phenolic OH excluding ortho intramolecular Hbond substituents is 1. The van der Waals surface area contributed by atoms with Crippen LogP contribution in [0, 0.1) is 5.82 Å². The van der Waals surface area contributed by atoms with Gasteiger partial charge in [-0.05, 0) is 18.2 Å². The Bertz CT molecular complexity index is 739. The Morgan fingerprint density at radius 3 is 2.76 bits per heavy atom. The molecule has 0 aliphatic heterocycles. The fraction of sp³-hybridized carbons (Fsp3) is 0.154. The van der Waals surface area contributed by atoms with Crippen molar-refractivity contribution < 1.29 is 17.9 Å². The predicted molar refractivity (Wildman–Crippen MR) is 78.4 cm³/mol. The molecule has 0 saturated carbocycles. The molecule has 2 aromatic rings. The van der Waals surface area contributed by atoms with Crippen molar-refractivity contribution in [1.82, 2.24) is 4.98 Å². The largest absolute Gasteiger partial charge is 0.504 e. The molecule has 0 fully saturated rings. The molecule has 8 heteroatoms. The number of nitrogens with zero attached hydrogens (tertiary/aromatic N) is 1. The maximum atomic E-state index is 13.2. The van der Waals surface area contributed by atoms with Gasteiger partial charge in [0.2, 0.25) is 10.0 Å². The summed E-state index contributed by atoms with van der Waals surface area (Å²) in [5, 5.41) is 9.37. The van der Waals surface area contributed by atoms with Crippen molar-refractivity contribution in [3.8, 4) is 5.75 Å². The molecular weight excluding hydrogens is 319 g/mol. The minimum Gasteiger partial charge on any atom is -0.504 e. The van der Waals surface area contributed by atoms with E-state index >= 15 is 0 Å². The molecular formula is C13H12ClFN2O3S. The van der Waals surface area contributed by atoms with Crippen LogP contribution in [0.5, 0.6) is 5.75 Å². The summed E-state index contributed by atoms with van der Waals surface area (Å²) in [7, 11) is -3.76. The van der Waals surface area contributed by atoms with E-state index in [2.05, 4.69) is 9.71 Å². The number of aromatic nitrogens is 1. The van der Waals surface area contributed by atoms with E-state index in [1.807, 2.05) is 0 Å². The lowest BCUT2D eigenvalue weighted by molar-refractivity contribution is 0.476. The van der Waals surface area contributed by atoms with Crippen LogP contribution in [-0.2, 0) is 16.4 Å². The number of halogens is 2. The Balaban J connectivity index is 2.11. The highest BCUT2D eigenvalue weighted by Gasteiger charge is 2.16. The predicted octanol–water partition coefficient (Wildman–Crippen LogP) is 2.56. The number of pyridine rings is 1. The van der Waals surface area contributed by atoms with E-state index in [0.717, 1.165) is 12.1 Å². The third-order valence-electron chi connectivity index (χ3n) is 2.65. The standard InChI is InChI=1S/C13H12ClFN2O3S/c14-11-7-9(15)8-12(13(11)18)17-21(19,20)6-4-10-3-1-2-5-16-10/h1-3,5,7-8,17-18H,4,6H2. The number of hydrogen-bond donors (Lipinski definition) is 2. The lowest BCUT2D eigenvalue weighted by Crippen LogP contribution is -2.18. The molecule has 0 amide bonds.